The van der Waals surface area contributed by atoms with Crippen molar-refractivity contribution in [2.24, 2.45) is 0 Å². The lowest BCUT2D eigenvalue weighted by molar-refractivity contribution is -0.123. The summed E-state index contributed by atoms with van der Waals surface area (Å²) >= 11 is 1.57. The van der Waals surface area contributed by atoms with E-state index < -0.39 is 16.1 Å². The van der Waals surface area contributed by atoms with Crippen LogP contribution < -0.4 is 10.0 Å². The molecule has 2 aromatic rings. The topological polar surface area (TPSA) is 91.6 Å². The molecule has 0 spiro atoms. The van der Waals surface area contributed by atoms with Crippen LogP contribution in [0.5, 0.6) is 0 Å². The lowest BCUT2D eigenvalue weighted by atomic mass is 10.1. The molecule has 0 radical (unpaired) electrons. The lowest BCUT2D eigenvalue weighted by Gasteiger charge is -2.27. The quantitative estimate of drug-likeness (QED) is 0.546. The molecule has 9 heteroatoms. The van der Waals surface area contributed by atoms with Crippen LogP contribution in [0.4, 0.5) is 0 Å². The fourth-order valence-corrected chi connectivity index (χ4v) is 5.32. The minimum atomic E-state index is -3.78. The van der Waals surface area contributed by atoms with E-state index in [0.717, 1.165) is 31.7 Å². The Balaban J connectivity index is 1.68. The molecular weight excluding hydrogens is 422 g/mol. The van der Waals surface area contributed by atoms with Crippen molar-refractivity contribution in [1.82, 2.24) is 14.9 Å². The number of carbonyl (C=O) groups is 1. The van der Waals surface area contributed by atoms with Gasteiger partial charge >= 0.3 is 0 Å². The molecular formula is C21H29N3O4S2. The first-order valence-corrected chi connectivity index (χ1v) is 13.0. The van der Waals surface area contributed by atoms with E-state index in [2.05, 4.69) is 14.9 Å². The van der Waals surface area contributed by atoms with E-state index in [-0.39, 0.29) is 16.8 Å². The second-order valence-corrected chi connectivity index (χ2v) is 9.99. The van der Waals surface area contributed by atoms with Crippen molar-refractivity contribution in [2.45, 2.75) is 36.2 Å². The van der Waals surface area contributed by atoms with Crippen molar-refractivity contribution < 1.29 is 17.6 Å². The average molecular weight is 452 g/mol. The van der Waals surface area contributed by atoms with Crippen LogP contribution in [0.3, 0.4) is 0 Å². The number of amides is 1. The molecule has 7 nitrogen and oxygen atoms in total. The molecule has 164 valence electrons. The maximum atomic E-state index is 13.0. The number of thioether (sulfide) groups is 1. The summed E-state index contributed by atoms with van der Waals surface area (Å²) < 4.78 is 33.6. The van der Waals surface area contributed by atoms with Gasteiger partial charge in [-0.15, -0.1) is 0 Å². The van der Waals surface area contributed by atoms with Crippen molar-refractivity contribution in [2.75, 3.05) is 31.6 Å². The van der Waals surface area contributed by atoms with E-state index in [4.69, 9.17) is 4.42 Å². The summed E-state index contributed by atoms with van der Waals surface area (Å²) in [4.78, 5) is 15.4. The molecule has 2 N–H and O–H groups in total. The molecule has 0 aliphatic carbocycles. The third kappa shape index (κ3) is 6.10. The third-order valence-corrected chi connectivity index (χ3v) is 7.33. The Morgan fingerprint density at radius 1 is 1.17 bits per heavy atom. The molecule has 0 bridgehead atoms. The first-order valence-electron chi connectivity index (χ1n) is 10.1. The predicted molar refractivity (Wildman–Crippen MR) is 119 cm³/mol. The van der Waals surface area contributed by atoms with Gasteiger partial charge in [0.05, 0.1) is 17.2 Å². The van der Waals surface area contributed by atoms with Crippen molar-refractivity contribution in [1.29, 1.82) is 0 Å². The molecule has 1 aliphatic rings. The van der Waals surface area contributed by atoms with E-state index in [9.17, 15) is 13.2 Å². The fraction of sp³-hybridized carbons (Fsp3) is 0.476. The average Bonchev–Trinajstić information content (AvgIpc) is 3.47. The number of likely N-dealkylation sites (tertiary alicyclic amines) is 1. The second kappa shape index (κ2) is 11.0. The molecule has 2 unspecified atom stereocenters. The van der Waals surface area contributed by atoms with E-state index in [1.165, 1.54) is 12.1 Å². The number of furan rings is 1. The summed E-state index contributed by atoms with van der Waals surface area (Å²) in [6, 6.07) is 11.0. The van der Waals surface area contributed by atoms with E-state index in [0.29, 0.717) is 18.7 Å². The summed E-state index contributed by atoms with van der Waals surface area (Å²) in [6.07, 6.45) is 6.22. The highest BCUT2D eigenvalue weighted by Crippen LogP contribution is 2.25. The Morgan fingerprint density at radius 3 is 2.53 bits per heavy atom. The molecule has 30 heavy (non-hydrogen) atoms. The molecule has 1 saturated heterocycles. The number of rotatable bonds is 11. The van der Waals surface area contributed by atoms with Gasteiger partial charge in [-0.25, -0.2) is 8.42 Å². The van der Waals surface area contributed by atoms with Crippen LogP contribution >= 0.6 is 11.8 Å². The number of nitrogens with one attached hydrogen (secondary N) is 2. The molecule has 1 fully saturated rings. The highest BCUT2D eigenvalue weighted by molar-refractivity contribution is 7.98. The van der Waals surface area contributed by atoms with Gasteiger partial charge in [-0.05, 0) is 68.6 Å². The maximum absolute atomic E-state index is 13.0. The molecule has 2 heterocycles. The van der Waals surface area contributed by atoms with Gasteiger partial charge in [0.1, 0.15) is 11.8 Å². The summed E-state index contributed by atoms with van der Waals surface area (Å²) in [7, 11) is -3.78. The number of hydrogen-bond acceptors (Lipinski definition) is 6. The monoisotopic (exact) mass is 451 g/mol. The van der Waals surface area contributed by atoms with Crippen molar-refractivity contribution in [3.05, 3.63) is 54.5 Å². The highest BCUT2D eigenvalue weighted by atomic mass is 32.2. The minimum Gasteiger partial charge on any atom is -0.468 e. The van der Waals surface area contributed by atoms with E-state index in [1.807, 2.05) is 18.4 Å². The van der Waals surface area contributed by atoms with Gasteiger partial charge < -0.3 is 9.73 Å². The number of benzene rings is 1. The highest BCUT2D eigenvalue weighted by Gasteiger charge is 2.29. The second-order valence-electron chi connectivity index (χ2n) is 7.29. The Bertz CT molecular complexity index is 882. The smallest absolute Gasteiger partial charge is 0.241 e. The van der Waals surface area contributed by atoms with Crippen molar-refractivity contribution in [3.63, 3.8) is 0 Å². The van der Waals surface area contributed by atoms with Gasteiger partial charge in [-0.3, -0.25) is 9.69 Å². The van der Waals surface area contributed by atoms with E-state index in [1.54, 1.807) is 36.2 Å². The Hall–Kier alpha value is -1.81. The summed E-state index contributed by atoms with van der Waals surface area (Å²) in [5.74, 6) is 1.16. The van der Waals surface area contributed by atoms with Gasteiger partial charge in [0, 0.05) is 6.54 Å². The summed E-state index contributed by atoms with van der Waals surface area (Å²) in [5, 5.41) is 2.95. The molecule has 1 aliphatic heterocycles. The number of carbonyl (C=O) groups excluding carboxylic acids is 1. The zero-order valence-corrected chi connectivity index (χ0v) is 18.8. The zero-order valence-electron chi connectivity index (χ0n) is 17.1. The molecule has 2 atom stereocenters. The fourth-order valence-electron chi connectivity index (χ4n) is 3.60. The van der Waals surface area contributed by atoms with E-state index >= 15 is 0 Å². The summed E-state index contributed by atoms with van der Waals surface area (Å²) in [6.45, 7) is 2.28. The number of nitrogens with zero attached hydrogens (tertiary/aromatic N) is 1. The molecule has 0 saturated carbocycles. The lowest BCUT2D eigenvalue weighted by Crippen LogP contribution is -2.48. The van der Waals surface area contributed by atoms with Crippen LogP contribution in [0.2, 0.25) is 0 Å². The van der Waals surface area contributed by atoms with Gasteiger partial charge in [0.2, 0.25) is 15.9 Å². The number of hydrogen-bond donors (Lipinski definition) is 2. The van der Waals surface area contributed by atoms with Crippen LogP contribution in [-0.2, 0) is 14.8 Å². The molecule has 1 aromatic heterocycles. The predicted octanol–water partition coefficient (Wildman–Crippen LogP) is 2.63. The first-order chi connectivity index (χ1) is 14.5. The largest absolute Gasteiger partial charge is 0.468 e. The molecule has 1 aromatic carbocycles. The SMILES string of the molecule is CSCCC(NS(=O)(=O)c1ccccc1)C(=O)NCC(c1ccco1)N1CCCC1. The van der Waals surface area contributed by atoms with Crippen LogP contribution in [0.1, 0.15) is 31.1 Å². The Morgan fingerprint density at radius 2 is 1.90 bits per heavy atom. The van der Waals surface area contributed by atoms with Crippen LogP contribution in [-0.4, -0.2) is 56.9 Å². The number of sulfonamides is 1. The van der Waals surface area contributed by atoms with Crippen LogP contribution in [0.25, 0.3) is 0 Å². The van der Waals surface area contributed by atoms with Gasteiger partial charge in [-0.2, -0.15) is 16.5 Å². The van der Waals surface area contributed by atoms with Gasteiger partial charge in [0.15, 0.2) is 0 Å². The minimum absolute atomic E-state index is 0.0571. The Labute approximate surface area is 182 Å². The zero-order chi connectivity index (χ0) is 21.4. The standard InChI is InChI=1S/C21H29N3O4S2/c1-29-15-11-18(23-30(26,27)17-8-3-2-4-9-17)21(25)22-16-19(20-10-7-14-28-20)24-12-5-6-13-24/h2-4,7-10,14,18-19,23H,5-6,11-13,15-16H2,1H3,(H,22,25). The van der Waals surface area contributed by atoms with Crippen LogP contribution in [0, 0.1) is 0 Å². The summed E-state index contributed by atoms with van der Waals surface area (Å²) in [5.41, 5.74) is 0. The normalized spacial score (nSPS) is 17.0. The van der Waals surface area contributed by atoms with Crippen molar-refractivity contribution >= 4 is 27.7 Å². The van der Waals surface area contributed by atoms with Gasteiger partial charge in [0.25, 0.3) is 0 Å². The van der Waals surface area contributed by atoms with Crippen LogP contribution in [0.15, 0.2) is 58.0 Å². The molecule has 3 rings (SSSR count). The van der Waals surface area contributed by atoms with Gasteiger partial charge in [-0.1, -0.05) is 18.2 Å². The third-order valence-electron chi connectivity index (χ3n) is 5.20. The Kier molecular flexibility index (Phi) is 8.38. The van der Waals surface area contributed by atoms with Crippen molar-refractivity contribution in [3.8, 4) is 0 Å². The maximum Gasteiger partial charge on any atom is 0.241 e. The molecule has 1 amide bonds. The first kappa shape index (κ1) is 22.9.